The molecule has 1 aliphatic heterocycles. The van der Waals surface area contributed by atoms with Crippen molar-refractivity contribution in [1.82, 2.24) is 0 Å². The van der Waals surface area contributed by atoms with Gasteiger partial charge in [0.1, 0.15) is 5.78 Å². The Morgan fingerprint density at radius 3 is 3.07 bits per heavy atom. The van der Waals surface area contributed by atoms with Crippen LogP contribution in [0, 0.1) is 5.92 Å². The van der Waals surface area contributed by atoms with Crippen LogP contribution < -0.4 is 0 Å². The van der Waals surface area contributed by atoms with E-state index in [1.807, 2.05) is 0 Å². The summed E-state index contributed by atoms with van der Waals surface area (Å²) < 4.78 is 5.96. The van der Waals surface area contributed by atoms with Crippen LogP contribution in [0.4, 0.5) is 0 Å². The first-order valence-corrected chi connectivity index (χ1v) is 5.92. The smallest absolute Gasteiger partial charge is 0.138 e. The van der Waals surface area contributed by atoms with E-state index in [4.69, 9.17) is 4.74 Å². The van der Waals surface area contributed by atoms with Crippen molar-refractivity contribution >= 4 is 5.78 Å². The highest BCUT2D eigenvalue weighted by Crippen LogP contribution is 2.43. The van der Waals surface area contributed by atoms with Crippen molar-refractivity contribution in [2.24, 2.45) is 5.92 Å². The fourth-order valence-corrected chi connectivity index (χ4v) is 3.12. The molecule has 0 radical (unpaired) electrons. The molecule has 2 aliphatic rings. The van der Waals surface area contributed by atoms with E-state index in [1.54, 1.807) is 0 Å². The van der Waals surface area contributed by atoms with Crippen LogP contribution in [0.5, 0.6) is 0 Å². The molecule has 2 unspecified atom stereocenters. The average Bonchev–Trinajstić information content (AvgIpc) is 2.18. The zero-order valence-electron chi connectivity index (χ0n) is 9.05. The van der Waals surface area contributed by atoms with E-state index in [2.05, 4.69) is 6.92 Å². The Balaban J connectivity index is 2.12. The summed E-state index contributed by atoms with van der Waals surface area (Å²) in [5.74, 6) is 1.04. The fourth-order valence-electron chi connectivity index (χ4n) is 3.12. The van der Waals surface area contributed by atoms with Crippen LogP contribution >= 0.6 is 0 Å². The molecule has 2 atom stereocenters. The number of ketones is 1. The summed E-state index contributed by atoms with van der Waals surface area (Å²) in [6.45, 7) is 2.88. The molecular formula is C12H20O2. The quantitative estimate of drug-likeness (QED) is 0.644. The Labute approximate surface area is 86.0 Å². The second-order valence-electron chi connectivity index (χ2n) is 4.73. The minimum absolute atomic E-state index is 0.0532. The summed E-state index contributed by atoms with van der Waals surface area (Å²) in [4.78, 5) is 11.5. The predicted molar refractivity (Wildman–Crippen MR) is 55.2 cm³/mol. The molecule has 0 amide bonds. The molecule has 1 heterocycles. The molecule has 1 saturated carbocycles. The highest BCUT2D eigenvalue weighted by Gasteiger charge is 2.44. The van der Waals surface area contributed by atoms with Crippen LogP contribution in [0.2, 0.25) is 0 Å². The summed E-state index contributed by atoms with van der Waals surface area (Å²) in [5, 5.41) is 0. The summed E-state index contributed by atoms with van der Waals surface area (Å²) >= 11 is 0. The van der Waals surface area contributed by atoms with Crippen molar-refractivity contribution < 1.29 is 9.53 Å². The van der Waals surface area contributed by atoms with E-state index in [0.29, 0.717) is 31.1 Å². The second-order valence-corrected chi connectivity index (χ2v) is 4.73. The van der Waals surface area contributed by atoms with Gasteiger partial charge in [0.2, 0.25) is 0 Å². The van der Waals surface area contributed by atoms with Gasteiger partial charge in [0, 0.05) is 12.8 Å². The van der Waals surface area contributed by atoms with Crippen LogP contribution in [-0.4, -0.2) is 18.0 Å². The molecule has 14 heavy (non-hydrogen) atoms. The number of hydrogen-bond donors (Lipinski definition) is 0. The number of rotatable bonds is 1. The minimum Gasteiger partial charge on any atom is -0.374 e. The van der Waals surface area contributed by atoms with Crippen LogP contribution in [0.25, 0.3) is 0 Å². The number of carbonyl (C=O) groups is 1. The van der Waals surface area contributed by atoms with E-state index in [0.717, 1.165) is 12.8 Å². The minimum atomic E-state index is -0.0532. The third-order valence-corrected chi connectivity index (χ3v) is 3.91. The third kappa shape index (κ3) is 1.72. The Morgan fingerprint density at radius 1 is 1.50 bits per heavy atom. The monoisotopic (exact) mass is 196 g/mol. The van der Waals surface area contributed by atoms with Gasteiger partial charge in [-0.25, -0.2) is 0 Å². The zero-order valence-corrected chi connectivity index (χ0v) is 9.05. The molecule has 0 aromatic heterocycles. The van der Waals surface area contributed by atoms with Gasteiger partial charge in [0.05, 0.1) is 12.2 Å². The molecule has 0 N–H and O–H groups in total. The highest BCUT2D eigenvalue weighted by atomic mass is 16.5. The summed E-state index contributed by atoms with van der Waals surface area (Å²) in [7, 11) is 0. The first kappa shape index (κ1) is 10.2. The molecule has 0 bridgehead atoms. The van der Waals surface area contributed by atoms with E-state index >= 15 is 0 Å². The molecule has 80 valence electrons. The second kappa shape index (κ2) is 4.01. The first-order chi connectivity index (χ1) is 6.77. The molecule has 0 aromatic carbocycles. The van der Waals surface area contributed by atoms with Gasteiger partial charge in [-0.15, -0.1) is 0 Å². The van der Waals surface area contributed by atoms with E-state index < -0.39 is 0 Å². The number of carbonyl (C=O) groups excluding carboxylic acids is 1. The van der Waals surface area contributed by atoms with Crippen molar-refractivity contribution in [2.45, 2.75) is 57.5 Å². The van der Waals surface area contributed by atoms with Crippen LogP contribution in [0.3, 0.4) is 0 Å². The lowest BCUT2D eigenvalue weighted by Gasteiger charge is -2.45. The van der Waals surface area contributed by atoms with Crippen molar-refractivity contribution in [1.29, 1.82) is 0 Å². The maximum Gasteiger partial charge on any atom is 0.138 e. The SMILES string of the molecule is CCC1CCCCC12CC(=O)CCO2. The Kier molecular flexibility index (Phi) is 2.91. The molecule has 1 saturated heterocycles. The molecular weight excluding hydrogens is 176 g/mol. The molecule has 2 nitrogen and oxygen atoms in total. The van der Waals surface area contributed by atoms with Crippen LogP contribution in [0.1, 0.15) is 51.9 Å². The van der Waals surface area contributed by atoms with E-state index in [1.165, 1.54) is 19.3 Å². The predicted octanol–water partition coefficient (Wildman–Crippen LogP) is 2.70. The first-order valence-electron chi connectivity index (χ1n) is 5.92. The molecule has 2 fully saturated rings. The average molecular weight is 196 g/mol. The third-order valence-electron chi connectivity index (χ3n) is 3.91. The Hall–Kier alpha value is -0.370. The lowest BCUT2D eigenvalue weighted by molar-refractivity contribution is -0.157. The Morgan fingerprint density at radius 2 is 2.36 bits per heavy atom. The number of hydrogen-bond acceptors (Lipinski definition) is 2. The van der Waals surface area contributed by atoms with Gasteiger partial charge < -0.3 is 4.74 Å². The van der Waals surface area contributed by atoms with Gasteiger partial charge in [-0.3, -0.25) is 4.79 Å². The molecule has 0 aromatic rings. The van der Waals surface area contributed by atoms with Crippen LogP contribution in [-0.2, 0) is 9.53 Å². The normalized spacial score (nSPS) is 38.9. The Bertz CT molecular complexity index is 220. The van der Waals surface area contributed by atoms with Gasteiger partial charge in [0.25, 0.3) is 0 Å². The molecule has 1 aliphatic carbocycles. The van der Waals surface area contributed by atoms with E-state index in [9.17, 15) is 4.79 Å². The van der Waals surface area contributed by atoms with Crippen molar-refractivity contribution in [3.05, 3.63) is 0 Å². The summed E-state index contributed by atoms with van der Waals surface area (Å²) in [5.41, 5.74) is -0.0532. The van der Waals surface area contributed by atoms with Gasteiger partial charge in [-0.05, 0) is 18.8 Å². The van der Waals surface area contributed by atoms with Gasteiger partial charge in [-0.2, -0.15) is 0 Å². The van der Waals surface area contributed by atoms with Gasteiger partial charge in [0.15, 0.2) is 0 Å². The fraction of sp³-hybridized carbons (Fsp3) is 0.917. The topological polar surface area (TPSA) is 26.3 Å². The zero-order chi connectivity index (χ0) is 10.0. The summed E-state index contributed by atoms with van der Waals surface area (Å²) in [6, 6.07) is 0. The van der Waals surface area contributed by atoms with Crippen LogP contribution in [0.15, 0.2) is 0 Å². The lowest BCUT2D eigenvalue weighted by atomic mass is 9.70. The number of Topliss-reactive ketones (excluding diaryl/α,β-unsaturated/α-hetero) is 1. The standard InChI is InChI=1S/C12H20O2/c1-2-10-5-3-4-7-12(10)9-11(13)6-8-14-12/h10H,2-9H2,1H3. The van der Waals surface area contributed by atoms with Crippen molar-refractivity contribution in [3.8, 4) is 0 Å². The van der Waals surface area contributed by atoms with Crippen molar-refractivity contribution in [3.63, 3.8) is 0 Å². The van der Waals surface area contributed by atoms with Crippen molar-refractivity contribution in [2.75, 3.05) is 6.61 Å². The molecule has 2 rings (SSSR count). The lowest BCUT2D eigenvalue weighted by Crippen LogP contribution is -2.48. The molecule has 1 spiro atoms. The maximum absolute atomic E-state index is 11.5. The highest BCUT2D eigenvalue weighted by molar-refractivity contribution is 5.80. The largest absolute Gasteiger partial charge is 0.374 e. The summed E-state index contributed by atoms with van der Waals surface area (Å²) in [6.07, 6.45) is 7.40. The van der Waals surface area contributed by atoms with E-state index in [-0.39, 0.29) is 5.60 Å². The number of ether oxygens (including phenoxy) is 1. The van der Waals surface area contributed by atoms with Gasteiger partial charge in [-0.1, -0.05) is 26.2 Å². The maximum atomic E-state index is 11.5. The molecule has 2 heteroatoms. The van der Waals surface area contributed by atoms with Gasteiger partial charge >= 0.3 is 0 Å².